The molecule has 1 aromatic rings. The van der Waals surface area contributed by atoms with Crippen LogP contribution in [0.1, 0.15) is 18.5 Å². The fourth-order valence-corrected chi connectivity index (χ4v) is 2.35. The zero-order chi connectivity index (χ0) is 11.5. The van der Waals surface area contributed by atoms with E-state index in [0.29, 0.717) is 6.04 Å². The molecular formula is C12H18ClN3. The maximum absolute atomic E-state index is 6.01. The summed E-state index contributed by atoms with van der Waals surface area (Å²) < 4.78 is 0. The first-order valence-electron chi connectivity index (χ1n) is 5.68. The summed E-state index contributed by atoms with van der Waals surface area (Å²) in [4.78, 5) is 2.43. The molecule has 0 spiro atoms. The first kappa shape index (κ1) is 11.7. The van der Waals surface area contributed by atoms with E-state index in [9.17, 15) is 0 Å². The molecule has 0 aliphatic carbocycles. The van der Waals surface area contributed by atoms with Gasteiger partial charge in [-0.05, 0) is 30.7 Å². The minimum Gasteiger partial charge on any atom is -0.398 e. The van der Waals surface area contributed by atoms with Crippen molar-refractivity contribution in [1.29, 1.82) is 0 Å². The van der Waals surface area contributed by atoms with Crippen LogP contribution in [-0.4, -0.2) is 31.1 Å². The molecular weight excluding hydrogens is 222 g/mol. The van der Waals surface area contributed by atoms with E-state index in [1.807, 2.05) is 18.2 Å². The summed E-state index contributed by atoms with van der Waals surface area (Å²) in [6.45, 7) is 6.41. The second-order valence-corrected chi connectivity index (χ2v) is 4.67. The van der Waals surface area contributed by atoms with Crippen LogP contribution in [-0.2, 0) is 0 Å². The molecule has 1 aliphatic rings. The van der Waals surface area contributed by atoms with Crippen LogP contribution in [0.4, 0.5) is 5.69 Å². The predicted octanol–water partition coefficient (Wildman–Crippen LogP) is 1.89. The molecule has 1 aromatic carbocycles. The molecule has 1 fully saturated rings. The van der Waals surface area contributed by atoms with Crippen LogP contribution in [0.15, 0.2) is 18.2 Å². The van der Waals surface area contributed by atoms with Crippen molar-refractivity contribution in [3.8, 4) is 0 Å². The predicted molar refractivity (Wildman–Crippen MR) is 68.7 cm³/mol. The first-order valence-corrected chi connectivity index (χ1v) is 6.06. The lowest BCUT2D eigenvalue weighted by molar-refractivity contribution is 0.186. The molecule has 3 nitrogen and oxygen atoms in total. The van der Waals surface area contributed by atoms with Gasteiger partial charge in [0, 0.05) is 42.9 Å². The van der Waals surface area contributed by atoms with Gasteiger partial charge in [-0.1, -0.05) is 11.6 Å². The van der Waals surface area contributed by atoms with Crippen molar-refractivity contribution in [2.75, 3.05) is 31.9 Å². The molecule has 1 atom stereocenters. The average Bonchev–Trinajstić information content (AvgIpc) is 2.32. The highest BCUT2D eigenvalue weighted by atomic mass is 35.5. The molecule has 1 heterocycles. The van der Waals surface area contributed by atoms with E-state index in [1.54, 1.807) is 0 Å². The largest absolute Gasteiger partial charge is 0.398 e. The normalized spacial score (nSPS) is 19.6. The van der Waals surface area contributed by atoms with Crippen molar-refractivity contribution in [2.45, 2.75) is 13.0 Å². The Morgan fingerprint density at radius 3 is 2.75 bits per heavy atom. The zero-order valence-electron chi connectivity index (χ0n) is 9.54. The highest BCUT2D eigenvalue weighted by Gasteiger charge is 2.19. The Balaban J connectivity index is 2.18. The van der Waals surface area contributed by atoms with E-state index in [0.717, 1.165) is 42.5 Å². The Morgan fingerprint density at radius 2 is 2.06 bits per heavy atom. The molecule has 16 heavy (non-hydrogen) atoms. The summed E-state index contributed by atoms with van der Waals surface area (Å²) in [6.07, 6.45) is 0. The molecule has 3 N–H and O–H groups in total. The Hall–Kier alpha value is -0.770. The average molecular weight is 240 g/mol. The second-order valence-electron chi connectivity index (χ2n) is 4.24. The molecule has 0 aromatic heterocycles. The number of hydrogen-bond acceptors (Lipinski definition) is 3. The SMILES string of the molecule is C[C@@H](c1cc(Cl)ccc1N)N1CCNCC1. The number of rotatable bonds is 2. The number of halogens is 1. The van der Waals surface area contributed by atoms with Gasteiger partial charge in [-0.2, -0.15) is 0 Å². The second kappa shape index (κ2) is 5.04. The number of hydrogen-bond donors (Lipinski definition) is 2. The van der Waals surface area contributed by atoms with Gasteiger partial charge in [0.15, 0.2) is 0 Å². The lowest BCUT2D eigenvalue weighted by Gasteiger charge is -2.33. The molecule has 0 unspecified atom stereocenters. The smallest absolute Gasteiger partial charge is 0.0410 e. The molecule has 1 aliphatic heterocycles. The third-order valence-corrected chi connectivity index (χ3v) is 3.43. The Kier molecular flexibility index (Phi) is 3.69. The van der Waals surface area contributed by atoms with Crippen molar-refractivity contribution in [1.82, 2.24) is 10.2 Å². The summed E-state index contributed by atoms with van der Waals surface area (Å²) in [5.74, 6) is 0. The minimum absolute atomic E-state index is 0.334. The van der Waals surface area contributed by atoms with Crippen LogP contribution in [0.2, 0.25) is 5.02 Å². The van der Waals surface area contributed by atoms with Crippen LogP contribution in [0.5, 0.6) is 0 Å². The van der Waals surface area contributed by atoms with E-state index in [2.05, 4.69) is 17.1 Å². The van der Waals surface area contributed by atoms with E-state index >= 15 is 0 Å². The number of nitrogens with one attached hydrogen (secondary N) is 1. The number of nitrogens with two attached hydrogens (primary N) is 1. The van der Waals surface area contributed by atoms with Crippen LogP contribution in [0, 0.1) is 0 Å². The van der Waals surface area contributed by atoms with Gasteiger partial charge in [0.1, 0.15) is 0 Å². The van der Waals surface area contributed by atoms with Crippen LogP contribution in [0.25, 0.3) is 0 Å². The maximum Gasteiger partial charge on any atom is 0.0410 e. The van der Waals surface area contributed by atoms with Gasteiger partial charge in [0.05, 0.1) is 0 Å². The fourth-order valence-electron chi connectivity index (χ4n) is 2.17. The van der Waals surface area contributed by atoms with Crippen molar-refractivity contribution < 1.29 is 0 Å². The summed E-state index contributed by atoms with van der Waals surface area (Å²) >= 11 is 6.01. The van der Waals surface area contributed by atoms with Gasteiger partial charge in [-0.25, -0.2) is 0 Å². The van der Waals surface area contributed by atoms with E-state index in [-0.39, 0.29) is 0 Å². The lowest BCUT2D eigenvalue weighted by Crippen LogP contribution is -2.44. The topological polar surface area (TPSA) is 41.3 Å². The Bertz CT molecular complexity index is 361. The van der Waals surface area contributed by atoms with Crippen LogP contribution < -0.4 is 11.1 Å². The molecule has 0 radical (unpaired) electrons. The molecule has 0 amide bonds. The quantitative estimate of drug-likeness (QED) is 0.775. The third kappa shape index (κ3) is 2.48. The third-order valence-electron chi connectivity index (χ3n) is 3.20. The molecule has 0 bridgehead atoms. The van der Waals surface area contributed by atoms with E-state index in [1.165, 1.54) is 0 Å². The minimum atomic E-state index is 0.334. The molecule has 4 heteroatoms. The van der Waals surface area contributed by atoms with Crippen molar-refractivity contribution in [3.05, 3.63) is 28.8 Å². The van der Waals surface area contributed by atoms with Crippen molar-refractivity contribution in [2.24, 2.45) is 0 Å². The monoisotopic (exact) mass is 239 g/mol. The summed E-state index contributed by atoms with van der Waals surface area (Å²) in [5.41, 5.74) is 7.96. The number of nitrogens with zero attached hydrogens (tertiary/aromatic N) is 1. The van der Waals surface area contributed by atoms with Crippen molar-refractivity contribution in [3.63, 3.8) is 0 Å². The number of anilines is 1. The summed E-state index contributed by atoms with van der Waals surface area (Å²) in [6, 6.07) is 6.03. The maximum atomic E-state index is 6.01. The highest BCUT2D eigenvalue weighted by Crippen LogP contribution is 2.28. The van der Waals surface area contributed by atoms with E-state index in [4.69, 9.17) is 17.3 Å². The standard InChI is InChI=1S/C12H18ClN3/c1-9(16-6-4-15-5-7-16)11-8-10(13)2-3-12(11)14/h2-3,8-9,15H,4-7,14H2,1H3/t9-/m0/s1. The van der Waals surface area contributed by atoms with Gasteiger partial charge in [-0.15, -0.1) is 0 Å². The fraction of sp³-hybridized carbons (Fsp3) is 0.500. The van der Waals surface area contributed by atoms with Crippen molar-refractivity contribution >= 4 is 17.3 Å². The number of nitrogen functional groups attached to an aromatic ring is 1. The van der Waals surface area contributed by atoms with Gasteiger partial charge in [0.25, 0.3) is 0 Å². The van der Waals surface area contributed by atoms with E-state index < -0.39 is 0 Å². The first-order chi connectivity index (χ1) is 7.68. The zero-order valence-corrected chi connectivity index (χ0v) is 10.3. The highest BCUT2D eigenvalue weighted by molar-refractivity contribution is 6.30. The molecule has 0 saturated carbocycles. The Morgan fingerprint density at radius 1 is 1.38 bits per heavy atom. The van der Waals surface area contributed by atoms with Gasteiger partial charge in [0.2, 0.25) is 0 Å². The lowest BCUT2D eigenvalue weighted by atomic mass is 10.0. The van der Waals surface area contributed by atoms with Crippen LogP contribution >= 0.6 is 11.6 Å². The Labute approximate surface area is 102 Å². The summed E-state index contributed by atoms with van der Waals surface area (Å²) in [5, 5.41) is 4.10. The number of piperazine rings is 1. The van der Waals surface area contributed by atoms with Gasteiger partial charge < -0.3 is 11.1 Å². The molecule has 1 saturated heterocycles. The van der Waals surface area contributed by atoms with Gasteiger partial charge in [-0.3, -0.25) is 4.90 Å². The van der Waals surface area contributed by atoms with Crippen LogP contribution in [0.3, 0.4) is 0 Å². The molecule has 2 rings (SSSR count). The number of benzene rings is 1. The van der Waals surface area contributed by atoms with Gasteiger partial charge >= 0.3 is 0 Å². The summed E-state index contributed by atoms with van der Waals surface area (Å²) in [7, 11) is 0. The molecule has 88 valence electrons.